The fourth-order valence-corrected chi connectivity index (χ4v) is 4.83. The maximum absolute atomic E-state index is 14.0. The summed E-state index contributed by atoms with van der Waals surface area (Å²) in [6.07, 6.45) is 1.88. The third kappa shape index (κ3) is 4.34. The number of nitrogens with one attached hydrogen (secondary N) is 1. The highest BCUT2D eigenvalue weighted by Gasteiger charge is 2.28. The van der Waals surface area contributed by atoms with Crippen molar-refractivity contribution in [2.75, 3.05) is 25.5 Å². The van der Waals surface area contributed by atoms with Crippen LogP contribution in [0.15, 0.2) is 47.4 Å². The average molecular weight is 406 g/mol. The summed E-state index contributed by atoms with van der Waals surface area (Å²) in [5.41, 5.74) is 0.256. The Labute approximate surface area is 164 Å². The van der Waals surface area contributed by atoms with Crippen LogP contribution in [0, 0.1) is 11.7 Å². The van der Waals surface area contributed by atoms with Crippen LogP contribution in [-0.2, 0) is 10.0 Å². The molecule has 0 aromatic heterocycles. The van der Waals surface area contributed by atoms with Crippen molar-refractivity contribution >= 4 is 21.6 Å². The largest absolute Gasteiger partial charge is 0.497 e. The molecule has 1 saturated heterocycles. The van der Waals surface area contributed by atoms with Gasteiger partial charge in [-0.15, -0.1) is 0 Å². The van der Waals surface area contributed by atoms with E-state index in [-0.39, 0.29) is 10.5 Å². The number of methoxy groups -OCH3 is 1. The van der Waals surface area contributed by atoms with Gasteiger partial charge >= 0.3 is 0 Å². The molecule has 0 bridgehead atoms. The lowest BCUT2D eigenvalue weighted by Gasteiger charge is -2.30. The van der Waals surface area contributed by atoms with E-state index in [1.54, 1.807) is 0 Å². The quantitative estimate of drug-likeness (QED) is 0.825. The first-order valence-corrected chi connectivity index (χ1v) is 10.5. The summed E-state index contributed by atoms with van der Waals surface area (Å²) >= 11 is 0. The number of anilines is 1. The molecule has 8 heteroatoms. The van der Waals surface area contributed by atoms with E-state index in [1.807, 2.05) is 6.92 Å². The van der Waals surface area contributed by atoms with E-state index in [1.165, 1.54) is 47.8 Å². The zero-order valence-corrected chi connectivity index (χ0v) is 16.6. The van der Waals surface area contributed by atoms with E-state index < -0.39 is 21.7 Å². The lowest BCUT2D eigenvalue weighted by molar-refractivity contribution is 0.102. The zero-order chi connectivity index (χ0) is 20.3. The maximum atomic E-state index is 14.0. The average Bonchev–Trinajstić information content (AvgIpc) is 2.68. The lowest BCUT2D eigenvalue weighted by atomic mass is 10.0. The van der Waals surface area contributed by atoms with Crippen LogP contribution in [0.5, 0.6) is 5.75 Å². The van der Waals surface area contributed by atoms with Crippen molar-refractivity contribution in [2.45, 2.75) is 24.7 Å². The molecule has 6 nitrogen and oxygen atoms in total. The number of nitrogens with zero attached hydrogens (tertiary/aromatic N) is 1. The molecule has 150 valence electrons. The van der Waals surface area contributed by atoms with E-state index in [4.69, 9.17) is 4.74 Å². The van der Waals surface area contributed by atoms with Gasteiger partial charge in [-0.05, 0) is 55.2 Å². The van der Waals surface area contributed by atoms with Gasteiger partial charge in [-0.25, -0.2) is 12.8 Å². The molecular weight excluding hydrogens is 383 g/mol. The van der Waals surface area contributed by atoms with Crippen molar-refractivity contribution in [3.63, 3.8) is 0 Å². The summed E-state index contributed by atoms with van der Waals surface area (Å²) in [5, 5.41) is 2.57. The predicted octanol–water partition coefficient (Wildman–Crippen LogP) is 3.51. The first kappa shape index (κ1) is 20.3. The molecule has 2 aromatic carbocycles. The summed E-state index contributed by atoms with van der Waals surface area (Å²) in [5.74, 6) is -0.673. The molecule has 1 aliphatic heterocycles. The van der Waals surface area contributed by atoms with Gasteiger partial charge in [0, 0.05) is 24.8 Å². The smallest absolute Gasteiger partial charge is 0.258 e. The van der Waals surface area contributed by atoms with Gasteiger partial charge < -0.3 is 10.1 Å². The molecule has 0 saturated carbocycles. The van der Waals surface area contributed by atoms with Gasteiger partial charge in [-0.1, -0.05) is 6.92 Å². The molecule has 3 rings (SSSR count). The fraction of sp³-hybridized carbons (Fsp3) is 0.350. The maximum Gasteiger partial charge on any atom is 0.258 e. The third-order valence-corrected chi connectivity index (χ3v) is 6.67. The molecule has 0 aliphatic carbocycles. The second-order valence-electron chi connectivity index (χ2n) is 6.93. The number of benzene rings is 2. The number of rotatable bonds is 5. The van der Waals surface area contributed by atoms with Crippen LogP contribution < -0.4 is 10.1 Å². The second-order valence-corrected chi connectivity index (χ2v) is 8.87. The third-order valence-electron chi connectivity index (χ3n) is 4.79. The molecule has 28 heavy (non-hydrogen) atoms. The molecular formula is C20H23FN2O4S. The number of carbonyl (C=O) groups is 1. The molecule has 1 amide bonds. The van der Waals surface area contributed by atoms with Gasteiger partial charge in [0.15, 0.2) is 0 Å². The number of hydrogen-bond acceptors (Lipinski definition) is 4. The first-order chi connectivity index (χ1) is 13.3. The normalized spacial score (nSPS) is 17.9. The monoisotopic (exact) mass is 406 g/mol. The fourth-order valence-electron chi connectivity index (χ4n) is 3.23. The highest BCUT2D eigenvalue weighted by molar-refractivity contribution is 7.89. The Morgan fingerprint density at radius 2 is 1.93 bits per heavy atom. The Hall–Kier alpha value is -2.45. The summed E-state index contributed by atoms with van der Waals surface area (Å²) in [6, 6.07) is 9.86. The minimum atomic E-state index is -3.56. The van der Waals surface area contributed by atoms with E-state index in [2.05, 4.69) is 5.32 Å². The van der Waals surface area contributed by atoms with Crippen LogP contribution in [0.1, 0.15) is 30.1 Å². The van der Waals surface area contributed by atoms with Gasteiger partial charge in [0.25, 0.3) is 5.91 Å². The minimum Gasteiger partial charge on any atom is -0.497 e. The number of amides is 1. The van der Waals surface area contributed by atoms with Crippen LogP contribution in [-0.4, -0.2) is 38.8 Å². The molecule has 0 radical (unpaired) electrons. The second kappa shape index (κ2) is 8.28. The van der Waals surface area contributed by atoms with Crippen LogP contribution in [0.4, 0.5) is 10.1 Å². The number of ether oxygens (including phenoxy) is 1. The predicted molar refractivity (Wildman–Crippen MR) is 105 cm³/mol. The van der Waals surface area contributed by atoms with Crippen molar-refractivity contribution in [2.24, 2.45) is 5.92 Å². The summed E-state index contributed by atoms with van der Waals surface area (Å²) in [4.78, 5) is 12.5. The topological polar surface area (TPSA) is 75.7 Å². The Bertz CT molecular complexity index is 961. The van der Waals surface area contributed by atoms with E-state index in [0.717, 1.165) is 18.9 Å². The van der Waals surface area contributed by atoms with Crippen LogP contribution in [0.2, 0.25) is 0 Å². The molecule has 1 N–H and O–H groups in total. The summed E-state index contributed by atoms with van der Waals surface area (Å²) < 4.78 is 46.0. The number of hydrogen-bond donors (Lipinski definition) is 1. The highest BCUT2D eigenvalue weighted by atomic mass is 32.2. The van der Waals surface area contributed by atoms with Gasteiger partial charge in [0.1, 0.15) is 11.6 Å². The van der Waals surface area contributed by atoms with Crippen molar-refractivity contribution in [3.05, 3.63) is 53.8 Å². The van der Waals surface area contributed by atoms with Crippen molar-refractivity contribution in [3.8, 4) is 5.75 Å². The van der Waals surface area contributed by atoms with Gasteiger partial charge in [0.2, 0.25) is 10.0 Å². The first-order valence-electron chi connectivity index (χ1n) is 9.06. The standard InChI is InChI=1S/C20H23FN2O4S/c1-14-4-3-11-23(13-14)28(25,26)17-8-5-15(6-9-17)22-20(24)18-10-7-16(27-2)12-19(18)21/h5-10,12,14H,3-4,11,13H2,1-2H3,(H,22,24). The Balaban J connectivity index is 1.73. The number of halogens is 1. The van der Waals surface area contributed by atoms with E-state index >= 15 is 0 Å². The van der Waals surface area contributed by atoms with Crippen molar-refractivity contribution < 1.29 is 22.3 Å². The Kier molecular flexibility index (Phi) is 6.00. The van der Waals surface area contributed by atoms with Gasteiger partial charge in [-0.3, -0.25) is 4.79 Å². The number of piperidine rings is 1. The summed E-state index contributed by atoms with van der Waals surface area (Å²) in [6.45, 7) is 3.07. The zero-order valence-electron chi connectivity index (χ0n) is 15.8. The molecule has 2 aromatic rings. The molecule has 1 heterocycles. The molecule has 1 aliphatic rings. The highest BCUT2D eigenvalue weighted by Crippen LogP contribution is 2.25. The van der Waals surface area contributed by atoms with Crippen LogP contribution in [0.3, 0.4) is 0 Å². The number of carbonyl (C=O) groups excluding carboxylic acids is 1. The number of sulfonamides is 1. The van der Waals surface area contributed by atoms with Crippen LogP contribution >= 0.6 is 0 Å². The van der Waals surface area contributed by atoms with E-state index in [9.17, 15) is 17.6 Å². The summed E-state index contributed by atoms with van der Waals surface area (Å²) in [7, 11) is -2.15. The molecule has 1 atom stereocenters. The Morgan fingerprint density at radius 3 is 2.54 bits per heavy atom. The molecule has 1 fully saturated rings. The van der Waals surface area contributed by atoms with Crippen molar-refractivity contribution in [1.29, 1.82) is 0 Å². The Morgan fingerprint density at radius 1 is 1.21 bits per heavy atom. The van der Waals surface area contributed by atoms with Gasteiger partial charge in [-0.2, -0.15) is 4.31 Å². The van der Waals surface area contributed by atoms with E-state index in [0.29, 0.717) is 30.4 Å². The van der Waals surface area contributed by atoms with Crippen molar-refractivity contribution in [1.82, 2.24) is 4.31 Å². The lowest BCUT2D eigenvalue weighted by Crippen LogP contribution is -2.39. The minimum absolute atomic E-state index is 0.125. The SMILES string of the molecule is COc1ccc(C(=O)Nc2ccc(S(=O)(=O)N3CCCC(C)C3)cc2)c(F)c1. The van der Waals surface area contributed by atoms with Crippen LogP contribution in [0.25, 0.3) is 0 Å². The molecule has 1 unspecified atom stereocenters. The molecule has 0 spiro atoms. The van der Waals surface area contributed by atoms with Gasteiger partial charge in [0.05, 0.1) is 17.6 Å².